The number of esters is 1. The number of benzene rings is 2. The second-order valence-corrected chi connectivity index (χ2v) is 6.30. The third kappa shape index (κ3) is 3.55. The molecule has 1 heterocycles. The van der Waals surface area contributed by atoms with Gasteiger partial charge < -0.3 is 10.1 Å². The lowest BCUT2D eigenvalue weighted by Gasteiger charge is -2.15. The predicted molar refractivity (Wildman–Crippen MR) is 102 cm³/mol. The number of nitrogens with zero attached hydrogens (tertiary/aromatic N) is 1. The van der Waals surface area contributed by atoms with Crippen molar-refractivity contribution in [2.24, 2.45) is 0 Å². The second-order valence-electron chi connectivity index (χ2n) is 5.52. The lowest BCUT2D eigenvalue weighted by Crippen LogP contribution is -2.09. The first-order chi connectivity index (χ1) is 12.0. The summed E-state index contributed by atoms with van der Waals surface area (Å²) in [5.41, 5.74) is 3.44. The lowest BCUT2D eigenvalue weighted by atomic mass is 10.1. The smallest absolute Gasteiger partial charge is 0.341 e. The summed E-state index contributed by atoms with van der Waals surface area (Å²) in [7, 11) is 0. The zero-order valence-corrected chi connectivity index (χ0v) is 15.3. The Hall–Kier alpha value is -2.30. The van der Waals surface area contributed by atoms with Gasteiger partial charge in [-0.25, -0.2) is 4.79 Å². The van der Waals surface area contributed by atoms with Gasteiger partial charge in [-0.1, -0.05) is 40.9 Å². The van der Waals surface area contributed by atoms with Crippen LogP contribution in [0.1, 0.15) is 22.8 Å². The molecule has 1 aromatic heterocycles. The first-order valence-corrected chi connectivity index (χ1v) is 8.54. The Balaban J connectivity index is 2.19. The summed E-state index contributed by atoms with van der Waals surface area (Å²) in [4.78, 5) is 16.6. The number of nitrogens with one attached hydrogen (secondary N) is 1. The molecule has 0 unspecified atom stereocenters. The quantitative estimate of drug-likeness (QED) is 0.588. The fourth-order valence-corrected chi connectivity index (χ4v) is 2.85. The van der Waals surface area contributed by atoms with Crippen LogP contribution in [0.2, 0.25) is 10.0 Å². The van der Waals surface area contributed by atoms with E-state index in [0.717, 1.165) is 11.3 Å². The summed E-state index contributed by atoms with van der Waals surface area (Å²) in [6.45, 7) is 4.05. The number of aromatic nitrogens is 1. The van der Waals surface area contributed by atoms with Crippen molar-refractivity contribution >= 4 is 51.4 Å². The number of carbonyl (C=O) groups is 1. The summed E-state index contributed by atoms with van der Waals surface area (Å²) >= 11 is 12.4. The van der Waals surface area contributed by atoms with Gasteiger partial charge in [-0.05, 0) is 38.1 Å². The Bertz CT molecular complexity index is 940. The number of fused-ring (bicyclic) bond motifs is 1. The van der Waals surface area contributed by atoms with Gasteiger partial charge in [0.2, 0.25) is 0 Å². The minimum Gasteiger partial charge on any atom is -0.462 e. The topological polar surface area (TPSA) is 51.2 Å². The van der Waals surface area contributed by atoms with Crippen molar-refractivity contribution in [3.63, 3.8) is 0 Å². The monoisotopic (exact) mass is 374 g/mol. The highest BCUT2D eigenvalue weighted by Crippen LogP contribution is 2.36. The van der Waals surface area contributed by atoms with Crippen LogP contribution in [0.15, 0.2) is 42.6 Å². The Labute approximate surface area is 155 Å². The zero-order chi connectivity index (χ0) is 18.0. The minimum absolute atomic E-state index is 0.280. The van der Waals surface area contributed by atoms with E-state index < -0.39 is 5.97 Å². The van der Waals surface area contributed by atoms with Crippen molar-refractivity contribution in [1.29, 1.82) is 0 Å². The van der Waals surface area contributed by atoms with Crippen LogP contribution in [-0.4, -0.2) is 17.6 Å². The Morgan fingerprint density at radius 2 is 1.88 bits per heavy atom. The van der Waals surface area contributed by atoms with E-state index in [1.54, 1.807) is 19.1 Å². The molecule has 0 spiro atoms. The van der Waals surface area contributed by atoms with Gasteiger partial charge in [0, 0.05) is 17.3 Å². The van der Waals surface area contributed by atoms with E-state index in [1.807, 2.05) is 31.2 Å². The number of ether oxygens (including phenoxy) is 1. The van der Waals surface area contributed by atoms with Crippen molar-refractivity contribution in [3.05, 3.63) is 63.8 Å². The van der Waals surface area contributed by atoms with Crippen LogP contribution >= 0.6 is 23.2 Å². The molecule has 0 radical (unpaired) electrons. The molecule has 2 aromatic carbocycles. The van der Waals surface area contributed by atoms with E-state index in [2.05, 4.69) is 10.3 Å². The summed E-state index contributed by atoms with van der Waals surface area (Å²) in [5.74, 6) is -0.447. The van der Waals surface area contributed by atoms with Crippen molar-refractivity contribution in [1.82, 2.24) is 4.98 Å². The van der Waals surface area contributed by atoms with E-state index in [9.17, 15) is 4.79 Å². The number of hydrogen-bond donors (Lipinski definition) is 1. The average molecular weight is 375 g/mol. The average Bonchev–Trinajstić information content (AvgIpc) is 2.60. The van der Waals surface area contributed by atoms with E-state index in [-0.39, 0.29) is 6.61 Å². The molecule has 0 aliphatic carbocycles. The van der Waals surface area contributed by atoms with Gasteiger partial charge in [-0.2, -0.15) is 0 Å². The highest BCUT2D eigenvalue weighted by atomic mass is 35.5. The van der Waals surface area contributed by atoms with Crippen LogP contribution in [0, 0.1) is 6.92 Å². The summed E-state index contributed by atoms with van der Waals surface area (Å²) in [6, 6.07) is 11.3. The third-order valence-electron chi connectivity index (χ3n) is 3.75. The summed E-state index contributed by atoms with van der Waals surface area (Å²) in [5, 5.41) is 4.74. The molecule has 0 saturated heterocycles. The maximum Gasteiger partial charge on any atom is 0.341 e. The molecule has 1 N–H and O–H groups in total. The van der Waals surface area contributed by atoms with Crippen LogP contribution < -0.4 is 5.32 Å². The number of aryl methyl sites for hydroxylation is 1. The number of halogens is 2. The Morgan fingerprint density at radius 3 is 2.56 bits per heavy atom. The number of hydrogen-bond acceptors (Lipinski definition) is 4. The van der Waals surface area contributed by atoms with Crippen molar-refractivity contribution in [2.75, 3.05) is 11.9 Å². The molecular formula is C19H16Cl2N2O2. The normalized spacial score (nSPS) is 10.7. The van der Waals surface area contributed by atoms with Gasteiger partial charge >= 0.3 is 5.97 Å². The van der Waals surface area contributed by atoms with Gasteiger partial charge in [0.1, 0.15) is 5.56 Å². The first-order valence-electron chi connectivity index (χ1n) is 7.78. The number of anilines is 2. The summed E-state index contributed by atoms with van der Waals surface area (Å²) < 4.78 is 5.15. The molecular weight excluding hydrogens is 359 g/mol. The van der Waals surface area contributed by atoms with Gasteiger partial charge in [0.05, 0.1) is 27.9 Å². The molecule has 3 rings (SSSR count). The largest absolute Gasteiger partial charge is 0.462 e. The number of pyridine rings is 1. The maximum absolute atomic E-state index is 12.3. The predicted octanol–water partition coefficient (Wildman–Crippen LogP) is 5.77. The van der Waals surface area contributed by atoms with Crippen LogP contribution in [0.3, 0.4) is 0 Å². The van der Waals surface area contributed by atoms with Crippen LogP contribution in [-0.2, 0) is 4.74 Å². The molecule has 0 atom stereocenters. The second kappa shape index (κ2) is 7.30. The number of carbonyl (C=O) groups excluding carboxylic acids is 1. The van der Waals surface area contributed by atoms with Gasteiger partial charge in [0.25, 0.3) is 0 Å². The standard InChI is InChI=1S/C19H16Cl2N2O2/c1-3-25-19(24)14-10-22-18-13(8-9-15(20)16(18)21)17(14)23-12-6-4-11(2)5-7-12/h4-10H,3H2,1-2H3,(H,22,23). The van der Waals surface area contributed by atoms with Crippen molar-refractivity contribution in [3.8, 4) is 0 Å². The van der Waals surface area contributed by atoms with Gasteiger partial charge in [0.15, 0.2) is 0 Å². The van der Waals surface area contributed by atoms with E-state index in [4.69, 9.17) is 27.9 Å². The van der Waals surface area contributed by atoms with Crippen LogP contribution in [0.4, 0.5) is 11.4 Å². The highest BCUT2D eigenvalue weighted by molar-refractivity contribution is 6.45. The van der Waals surface area contributed by atoms with Crippen molar-refractivity contribution < 1.29 is 9.53 Å². The molecule has 0 amide bonds. The Morgan fingerprint density at radius 1 is 1.16 bits per heavy atom. The fraction of sp³-hybridized carbons (Fsp3) is 0.158. The number of rotatable bonds is 4. The molecule has 0 fully saturated rings. The molecule has 4 nitrogen and oxygen atoms in total. The molecule has 25 heavy (non-hydrogen) atoms. The first kappa shape index (κ1) is 17.5. The van der Waals surface area contributed by atoms with Gasteiger partial charge in [-0.3, -0.25) is 4.98 Å². The third-order valence-corrected chi connectivity index (χ3v) is 4.54. The molecule has 0 aliphatic rings. The lowest BCUT2D eigenvalue weighted by molar-refractivity contribution is 0.0527. The molecule has 0 bridgehead atoms. The minimum atomic E-state index is -0.447. The maximum atomic E-state index is 12.3. The van der Waals surface area contributed by atoms with E-state index in [1.165, 1.54) is 6.20 Å². The SMILES string of the molecule is CCOC(=O)c1cnc2c(Cl)c(Cl)ccc2c1Nc1ccc(C)cc1. The van der Waals surface area contributed by atoms with Crippen molar-refractivity contribution in [2.45, 2.75) is 13.8 Å². The van der Waals surface area contributed by atoms with E-state index in [0.29, 0.717) is 32.2 Å². The Kier molecular flexibility index (Phi) is 5.11. The molecule has 6 heteroatoms. The van der Waals surface area contributed by atoms with Crippen LogP contribution in [0.25, 0.3) is 10.9 Å². The zero-order valence-electron chi connectivity index (χ0n) is 13.8. The fourth-order valence-electron chi connectivity index (χ4n) is 2.49. The van der Waals surface area contributed by atoms with Crippen LogP contribution in [0.5, 0.6) is 0 Å². The molecule has 0 saturated carbocycles. The summed E-state index contributed by atoms with van der Waals surface area (Å²) in [6.07, 6.45) is 1.46. The molecule has 3 aromatic rings. The highest BCUT2D eigenvalue weighted by Gasteiger charge is 2.19. The molecule has 128 valence electrons. The molecule has 0 aliphatic heterocycles. The van der Waals surface area contributed by atoms with E-state index >= 15 is 0 Å². The van der Waals surface area contributed by atoms with Gasteiger partial charge in [-0.15, -0.1) is 0 Å².